The van der Waals surface area contributed by atoms with Crippen LogP contribution in [-0.4, -0.2) is 0 Å². The van der Waals surface area contributed by atoms with Crippen molar-refractivity contribution in [2.24, 2.45) is 4.19 Å². The van der Waals surface area contributed by atoms with Gasteiger partial charge >= 0.3 is 60.3 Å². The molecule has 0 heterocycles. The van der Waals surface area contributed by atoms with Crippen molar-refractivity contribution < 1.29 is 42.4 Å². The summed E-state index contributed by atoms with van der Waals surface area (Å²) in [6.45, 7) is 0. The Balaban J connectivity index is 0. The van der Waals surface area contributed by atoms with E-state index >= 15 is 0 Å². The van der Waals surface area contributed by atoms with Crippen LogP contribution in [0.5, 0.6) is 0 Å². The maximum atomic E-state index is 8.44. The quantitative estimate of drug-likeness (QED) is 0.475. The van der Waals surface area contributed by atoms with Gasteiger partial charge in [-0.2, -0.15) is 0 Å². The third-order valence-corrected chi connectivity index (χ3v) is 0. The van der Waals surface area contributed by atoms with Crippen molar-refractivity contribution in [3.63, 3.8) is 0 Å². The third kappa shape index (κ3) is 193. The van der Waals surface area contributed by atoms with Crippen molar-refractivity contribution >= 4 is 0 Å². The minimum atomic E-state index is 0.372. The van der Waals surface area contributed by atoms with Crippen LogP contribution in [-0.2, 0) is 42.4 Å². The van der Waals surface area contributed by atoms with Gasteiger partial charge in [0.05, 0.1) is 0 Å². The zero-order valence-corrected chi connectivity index (χ0v) is 9.47. The molecule has 0 aromatic heterocycles. The fourth-order valence-corrected chi connectivity index (χ4v) is 0. The van der Waals surface area contributed by atoms with E-state index in [2.05, 4.69) is 16.2 Å². The van der Waals surface area contributed by atoms with Gasteiger partial charge < -0.3 is 0 Å². The third-order valence-electron chi connectivity index (χ3n) is 0. The minimum absolute atomic E-state index is 0.372. The van der Waals surface area contributed by atoms with E-state index in [1.807, 2.05) is 7.77 Å². The van der Waals surface area contributed by atoms with Gasteiger partial charge in [-0.15, -0.1) is 0 Å². The molecular weight excluding hydrogens is 312 g/mol. The average Bonchev–Trinajstić information content (AvgIpc) is 1.39. The Morgan fingerprint density at radius 3 is 2.00 bits per heavy atom. The zero-order chi connectivity index (χ0) is 5.41. The molecule has 0 spiro atoms. The van der Waals surface area contributed by atoms with Gasteiger partial charge in [0, 0.05) is 0 Å². The first kappa shape index (κ1) is 9.74. The molecule has 30 valence electrons. The SMILES string of the molecule is N#[C][Hg].O=[N][Fe]. The Morgan fingerprint density at radius 2 is 2.00 bits per heavy atom. The molecule has 0 fully saturated rings. The van der Waals surface area contributed by atoms with E-state index in [0.29, 0.717) is 26.1 Å². The van der Waals surface area contributed by atoms with Gasteiger partial charge in [-0.05, 0) is 0 Å². The van der Waals surface area contributed by atoms with Gasteiger partial charge in [-0.25, -0.2) is 0 Å². The molecule has 0 aliphatic heterocycles. The van der Waals surface area contributed by atoms with Gasteiger partial charge in [0.1, 0.15) is 0 Å². The monoisotopic (exact) mass is 314 g/mol. The van der Waals surface area contributed by atoms with E-state index in [9.17, 15) is 0 Å². The Hall–Kier alpha value is 0.545. The van der Waals surface area contributed by atoms with E-state index < -0.39 is 0 Å². The number of hydrogen-bond donors (Lipinski definition) is 0. The van der Waals surface area contributed by atoms with Crippen LogP contribution < -0.4 is 0 Å². The van der Waals surface area contributed by atoms with Crippen LogP contribution >= 0.6 is 0 Å². The van der Waals surface area contributed by atoms with E-state index in [0.717, 1.165) is 0 Å². The number of hydrogen-bond acceptors (Lipinski definition) is 3. The summed E-state index contributed by atoms with van der Waals surface area (Å²) in [5.74, 6) is 0. The Bertz CT molecular complexity index is 59.1. The van der Waals surface area contributed by atoms with Crippen LogP contribution in [0, 0.1) is 13.7 Å². The zero-order valence-electron chi connectivity index (χ0n) is 2.86. The molecule has 0 aromatic carbocycles. The molecule has 0 aromatic rings. The molecule has 0 aliphatic carbocycles. The predicted octanol–water partition coefficient (Wildman–Crippen LogP) is 0.229. The molecule has 0 N–H and O–H groups in total. The van der Waals surface area contributed by atoms with E-state index in [1.54, 1.807) is 0 Å². The van der Waals surface area contributed by atoms with E-state index in [4.69, 9.17) is 10.2 Å². The molecule has 0 amide bonds. The fraction of sp³-hybridized carbons (Fsp3) is 0. The van der Waals surface area contributed by atoms with Crippen molar-refractivity contribution in [1.29, 1.82) is 5.26 Å². The van der Waals surface area contributed by atoms with Gasteiger partial charge in [-0.1, -0.05) is 0 Å². The molecule has 0 aliphatic rings. The summed E-state index contributed by atoms with van der Waals surface area (Å²) in [5, 5.41) is 7.41. The normalized spacial score (nSPS) is 3.67. The molecule has 5 heteroatoms. The molecule has 0 rings (SSSR count). The van der Waals surface area contributed by atoms with Gasteiger partial charge in [0.15, 0.2) is 0 Å². The Kier molecular flexibility index (Phi) is 28.7. The van der Waals surface area contributed by atoms with Crippen LogP contribution in [0.1, 0.15) is 0 Å². The number of nitriles is 1. The first-order valence-corrected chi connectivity index (χ1v) is 4.16. The van der Waals surface area contributed by atoms with E-state index in [1.165, 1.54) is 0 Å². The second kappa shape index (κ2) is 17.7. The summed E-state index contributed by atoms with van der Waals surface area (Å²) in [5.41, 5.74) is 0. The number of nitrogens with zero attached hydrogens (tertiary/aromatic N) is 2. The maximum absolute atomic E-state index is 8.44. The van der Waals surface area contributed by atoms with Crippen molar-refractivity contribution in [3.8, 4) is 3.58 Å². The standard InChI is InChI=1S/CN.Fe.Hg.NO/c1-2;;;1-2/q;+1;;-1. The molecular formula is CFeHgN2O. The van der Waals surface area contributed by atoms with Crippen molar-refractivity contribution in [3.05, 3.63) is 4.91 Å². The molecule has 0 unspecified atom stereocenters. The first-order chi connectivity index (χ1) is 2.83. The molecule has 0 bridgehead atoms. The molecule has 0 radical (unpaired) electrons. The molecule has 3 nitrogen and oxygen atoms in total. The Labute approximate surface area is 60.1 Å². The Morgan fingerprint density at radius 1 is 2.00 bits per heavy atom. The topological polar surface area (TPSA) is 53.2 Å². The fourth-order valence-electron chi connectivity index (χ4n) is 0. The first-order valence-electron chi connectivity index (χ1n) is 0.918. The molecule has 0 saturated carbocycles. The predicted molar refractivity (Wildman–Crippen MR) is 11.4 cm³/mol. The molecule has 0 saturated heterocycles. The van der Waals surface area contributed by atoms with E-state index in [-0.39, 0.29) is 0 Å². The molecule has 6 heavy (non-hydrogen) atoms. The van der Waals surface area contributed by atoms with Crippen molar-refractivity contribution in [2.45, 2.75) is 0 Å². The second-order valence-electron chi connectivity index (χ2n) is 0.223. The van der Waals surface area contributed by atoms with Gasteiger partial charge in [-0.3, -0.25) is 0 Å². The summed E-state index contributed by atoms with van der Waals surface area (Å²) in [6, 6.07) is 0. The second-order valence-corrected chi connectivity index (χ2v) is 1.65. The van der Waals surface area contributed by atoms with Crippen molar-refractivity contribution in [1.82, 2.24) is 0 Å². The van der Waals surface area contributed by atoms with Crippen LogP contribution in [0.4, 0.5) is 0 Å². The van der Waals surface area contributed by atoms with Gasteiger partial charge in [0.25, 0.3) is 0 Å². The summed E-state index contributed by atoms with van der Waals surface area (Å²) in [4.78, 5) is 8.44. The van der Waals surface area contributed by atoms with Crippen LogP contribution in [0.25, 0.3) is 0 Å². The summed E-state index contributed by atoms with van der Waals surface area (Å²) in [6.07, 6.45) is 0. The van der Waals surface area contributed by atoms with Crippen LogP contribution in [0.2, 0.25) is 0 Å². The van der Waals surface area contributed by atoms with Crippen LogP contribution in [0.3, 0.4) is 0 Å². The summed E-state index contributed by atoms with van der Waals surface area (Å²) < 4.78 is 3.94. The van der Waals surface area contributed by atoms with Gasteiger partial charge in [0.2, 0.25) is 0 Å². The average molecular weight is 312 g/mol. The number of nitroso groups, excluding NO2 is 1. The van der Waals surface area contributed by atoms with Crippen LogP contribution in [0.15, 0.2) is 4.19 Å². The molecule has 0 atom stereocenters. The number of rotatable bonds is 0. The summed E-state index contributed by atoms with van der Waals surface area (Å²) >= 11 is 2.93. The summed E-state index contributed by atoms with van der Waals surface area (Å²) in [7, 11) is 0. The van der Waals surface area contributed by atoms with Crippen molar-refractivity contribution in [2.75, 3.05) is 0 Å².